The topological polar surface area (TPSA) is 286 Å². The van der Waals surface area contributed by atoms with Crippen LogP contribution in [0.3, 0.4) is 0 Å². The zero-order valence-corrected chi connectivity index (χ0v) is 39.4. The quantitative estimate of drug-likeness (QED) is 0.0297. The van der Waals surface area contributed by atoms with Crippen LogP contribution in [0.2, 0.25) is 0 Å². The predicted molar refractivity (Wildman–Crippen MR) is 241 cm³/mol. The molecule has 4 rings (SSSR count). The minimum absolute atomic E-state index is 0.0267. The average Bonchev–Trinajstić information content (AvgIpc) is 3.94. The first-order valence-corrected chi connectivity index (χ1v) is 23.9. The van der Waals surface area contributed by atoms with Crippen molar-refractivity contribution in [3.05, 3.63) is 76.9 Å². The number of methoxy groups -OCH3 is 2. The van der Waals surface area contributed by atoms with Crippen LogP contribution in [-0.2, 0) is 46.0 Å². The molecule has 0 aliphatic carbocycles. The van der Waals surface area contributed by atoms with E-state index in [9.17, 15) is 39.3 Å². The largest absolute Gasteiger partial charge is 0.631 e. The van der Waals surface area contributed by atoms with E-state index in [4.69, 9.17) is 33.6 Å². The molecular formula is C43H55N7O15P2. The van der Waals surface area contributed by atoms with Gasteiger partial charge in [0.05, 0.1) is 62.3 Å². The van der Waals surface area contributed by atoms with Gasteiger partial charge in [-0.15, -0.1) is 0 Å². The van der Waals surface area contributed by atoms with Crippen molar-refractivity contribution in [1.29, 1.82) is 0 Å². The Kier molecular flexibility index (Phi) is 22.5. The molecule has 3 heterocycles. The monoisotopic (exact) mass is 971 g/mol. The number of ether oxygens (including phenoxy) is 4. The number of aliphatic carboxylic acids is 3. The molecular weight excluding hydrogens is 916 g/mol. The lowest BCUT2D eigenvalue weighted by molar-refractivity contribution is -0.213. The number of hydrogen-bond donors (Lipinski definition) is 5. The molecule has 2 atom stereocenters. The fourth-order valence-corrected chi connectivity index (χ4v) is 7.77. The van der Waals surface area contributed by atoms with Crippen LogP contribution < -0.4 is 14.4 Å². The molecule has 362 valence electrons. The van der Waals surface area contributed by atoms with E-state index in [-0.39, 0.29) is 70.4 Å². The van der Waals surface area contributed by atoms with Gasteiger partial charge in [0.15, 0.2) is 26.3 Å². The van der Waals surface area contributed by atoms with Gasteiger partial charge in [0, 0.05) is 70.2 Å². The molecule has 2 unspecified atom stereocenters. The third kappa shape index (κ3) is 19.3. The molecule has 0 saturated carbocycles. The Morgan fingerprint density at radius 1 is 0.776 bits per heavy atom. The molecule has 0 amide bonds. The first-order chi connectivity index (χ1) is 32.1. The number of carboxylic acid groups (broad SMARTS) is 3. The van der Waals surface area contributed by atoms with Gasteiger partial charge in [-0.05, 0) is 44.0 Å². The van der Waals surface area contributed by atoms with Crippen LogP contribution in [-0.4, -0.2) is 157 Å². The van der Waals surface area contributed by atoms with Gasteiger partial charge in [0.2, 0.25) is 7.94 Å². The molecule has 0 bridgehead atoms. The molecule has 0 saturated heterocycles. The van der Waals surface area contributed by atoms with Gasteiger partial charge in [-0.25, -0.2) is 23.8 Å². The lowest BCUT2D eigenvalue weighted by Crippen LogP contribution is -2.34. The third-order valence-corrected chi connectivity index (χ3v) is 11.5. The van der Waals surface area contributed by atoms with Crippen molar-refractivity contribution in [2.75, 3.05) is 80.0 Å². The summed E-state index contributed by atoms with van der Waals surface area (Å²) in [6.45, 7) is 1.93. The lowest BCUT2D eigenvalue weighted by Gasteiger charge is -2.26. The van der Waals surface area contributed by atoms with Crippen LogP contribution >= 0.6 is 16.3 Å². The van der Waals surface area contributed by atoms with Crippen molar-refractivity contribution >= 4 is 34.2 Å². The highest BCUT2D eigenvalue weighted by Gasteiger charge is 2.29. The standard InChI is InChI=1S/C43H55N7O15P2/c1-5-65-66(57)30-47(28-42(53)54)26-35-14-16-49(45-35)39-22-32(23-40(44-39)50-17-15-36(46-50)27-48(29-43(55)56)31-67(58,59)62-4)12-13-34-25-37(63-20-18-60-2)33(24-38(34)64-21-19-61-3)10-8-6-7-9-11-41(51)52/h14-17,22-25,57H,5-7,9,11,18-21,26-31H2,1-4H3,(H,51,52)(H,53,54)(H,55,56)(H,58,59). The predicted octanol–water partition coefficient (Wildman–Crippen LogP) is 2.69. The van der Waals surface area contributed by atoms with Crippen LogP contribution in [0.4, 0.5) is 0 Å². The first-order valence-electron chi connectivity index (χ1n) is 20.7. The van der Waals surface area contributed by atoms with Crippen molar-refractivity contribution in [3.63, 3.8) is 0 Å². The van der Waals surface area contributed by atoms with Crippen molar-refractivity contribution < 1.29 is 72.4 Å². The number of nitrogens with zero attached hydrogens (tertiary/aromatic N) is 7. The van der Waals surface area contributed by atoms with E-state index < -0.39 is 47.1 Å². The van der Waals surface area contributed by atoms with Gasteiger partial charge in [0.1, 0.15) is 31.3 Å². The van der Waals surface area contributed by atoms with E-state index in [1.165, 1.54) is 19.2 Å². The fourth-order valence-electron chi connectivity index (χ4n) is 6.03. The number of aromatic nitrogens is 5. The molecule has 0 fully saturated rings. The number of rotatable bonds is 29. The summed E-state index contributed by atoms with van der Waals surface area (Å²) >= 11 is 0. The SMILES string of the molecule is CCOP(O)CN(CC(=O)O)Cc1ccn(-c2cc(C#Cc3cc(OCCOC)c(C#CCCCCC(=O)O)cc3OCCOC)cc(-n3ccc(CN(CC(=O)O)C[P+]([O-])(O)OC)n3)n2)n1. The molecule has 3 aromatic heterocycles. The number of pyridine rings is 1. The lowest BCUT2D eigenvalue weighted by atomic mass is 10.1. The molecule has 22 nitrogen and oxygen atoms in total. The Morgan fingerprint density at radius 3 is 1.85 bits per heavy atom. The minimum atomic E-state index is -4.13. The number of unbranched alkanes of at least 4 members (excludes halogenated alkanes) is 2. The van der Waals surface area contributed by atoms with Crippen LogP contribution in [0.1, 0.15) is 60.7 Å². The highest BCUT2D eigenvalue weighted by atomic mass is 31.2. The van der Waals surface area contributed by atoms with Crippen LogP contribution in [0.15, 0.2) is 48.8 Å². The second kappa shape index (κ2) is 27.9. The smallest absolute Gasteiger partial charge is 0.317 e. The van der Waals surface area contributed by atoms with Gasteiger partial charge in [-0.3, -0.25) is 24.2 Å². The summed E-state index contributed by atoms with van der Waals surface area (Å²) in [5.41, 5.74) is 2.18. The van der Waals surface area contributed by atoms with E-state index in [0.717, 1.165) is 7.11 Å². The summed E-state index contributed by atoms with van der Waals surface area (Å²) in [6, 6.07) is 10.00. The van der Waals surface area contributed by atoms with Crippen molar-refractivity contribution in [3.8, 4) is 46.8 Å². The van der Waals surface area contributed by atoms with Crippen molar-refractivity contribution in [2.45, 2.75) is 45.7 Å². The fraction of sp³-hybridized carbons (Fsp3) is 0.442. The number of carboxylic acids is 3. The molecule has 0 spiro atoms. The number of hydrogen-bond acceptors (Lipinski definition) is 17. The normalized spacial score (nSPS) is 12.5. The average molecular weight is 972 g/mol. The maximum absolute atomic E-state index is 12.4. The summed E-state index contributed by atoms with van der Waals surface area (Å²) in [5, 5.41) is 37.3. The molecule has 0 radical (unpaired) electrons. The third-order valence-electron chi connectivity index (χ3n) is 8.99. The summed E-state index contributed by atoms with van der Waals surface area (Å²) in [6.07, 6.45) is 4.22. The van der Waals surface area contributed by atoms with Crippen LogP contribution in [0, 0.1) is 23.7 Å². The highest BCUT2D eigenvalue weighted by molar-refractivity contribution is 7.58. The molecule has 4 aromatic rings. The van der Waals surface area contributed by atoms with Crippen LogP contribution in [0.25, 0.3) is 11.6 Å². The van der Waals surface area contributed by atoms with Crippen molar-refractivity contribution in [2.24, 2.45) is 0 Å². The minimum Gasteiger partial charge on any atom is -0.631 e. The molecule has 0 aliphatic rings. The molecule has 24 heteroatoms. The van der Waals surface area contributed by atoms with E-state index in [1.54, 1.807) is 69.9 Å². The summed E-state index contributed by atoms with van der Waals surface area (Å²) in [7, 11) is -1.88. The zero-order chi connectivity index (χ0) is 48.8. The van der Waals surface area contributed by atoms with E-state index in [2.05, 4.69) is 38.4 Å². The Hall–Kier alpha value is -5.58. The Bertz CT molecular complexity index is 2370. The van der Waals surface area contributed by atoms with Gasteiger partial charge >= 0.3 is 17.9 Å². The Morgan fingerprint density at radius 2 is 1.33 bits per heavy atom. The Labute approximate surface area is 389 Å². The second-order valence-electron chi connectivity index (χ2n) is 14.4. The summed E-state index contributed by atoms with van der Waals surface area (Å²) in [5.74, 6) is 10.7. The molecule has 1 aromatic carbocycles. The second-order valence-corrected chi connectivity index (χ2v) is 17.6. The van der Waals surface area contributed by atoms with Crippen molar-refractivity contribution in [1.82, 2.24) is 34.3 Å². The van der Waals surface area contributed by atoms with Gasteiger partial charge < -0.3 is 48.6 Å². The van der Waals surface area contributed by atoms with E-state index in [1.807, 2.05) is 0 Å². The summed E-state index contributed by atoms with van der Waals surface area (Å²) in [4.78, 5) is 74.5. The Balaban J connectivity index is 1.81. The van der Waals surface area contributed by atoms with Crippen LogP contribution in [0.5, 0.6) is 11.5 Å². The summed E-state index contributed by atoms with van der Waals surface area (Å²) < 4.78 is 35.4. The highest BCUT2D eigenvalue weighted by Crippen LogP contribution is 2.45. The van der Waals surface area contributed by atoms with Gasteiger partial charge in [-0.1, -0.05) is 23.7 Å². The maximum atomic E-state index is 12.4. The number of carbonyl (C=O) groups is 3. The first kappa shape index (κ1) is 54.0. The van der Waals surface area contributed by atoms with E-state index >= 15 is 0 Å². The molecule has 0 aliphatic heterocycles. The molecule has 5 N–H and O–H groups in total. The van der Waals surface area contributed by atoms with Gasteiger partial charge in [0.25, 0.3) is 0 Å². The van der Waals surface area contributed by atoms with E-state index in [0.29, 0.717) is 65.4 Å². The zero-order valence-electron chi connectivity index (χ0n) is 37.6. The van der Waals surface area contributed by atoms with Gasteiger partial charge in [-0.2, -0.15) is 10.2 Å². The maximum Gasteiger partial charge on any atom is 0.317 e. The molecule has 67 heavy (non-hydrogen) atoms. The number of benzene rings is 1.